The predicted molar refractivity (Wildman–Crippen MR) is 85.7 cm³/mol. The summed E-state index contributed by atoms with van der Waals surface area (Å²) < 4.78 is 7.28. The van der Waals surface area contributed by atoms with Gasteiger partial charge in [-0.15, -0.1) is 0 Å². The predicted octanol–water partition coefficient (Wildman–Crippen LogP) is -0.645. The lowest BCUT2D eigenvalue weighted by atomic mass is 10.2. The van der Waals surface area contributed by atoms with Crippen LogP contribution >= 0.6 is 0 Å². The number of carbonyl (C=O) groups is 1. The Morgan fingerprint density at radius 2 is 2.36 bits per heavy atom. The van der Waals surface area contributed by atoms with E-state index in [0.29, 0.717) is 6.42 Å². The Bertz CT molecular complexity index is 905. The van der Waals surface area contributed by atoms with Crippen molar-refractivity contribution in [3.8, 4) is 0 Å². The molecule has 25 heavy (non-hydrogen) atoms. The van der Waals surface area contributed by atoms with Gasteiger partial charge in [-0.25, -0.2) is 4.98 Å². The number of fused-ring (bicyclic) bond motifs is 2. The van der Waals surface area contributed by atoms with Crippen molar-refractivity contribution < 1.29 is 19.7 Å². The van der Waals surface area contributed by atoms with Crippen LogP contribution in [0.3, 0.4) is 0 Å². The van der Waals surface area contributed by atoms with E-state index in [2.05, 4.69) is 20.3 Å². The van der Waals surface area contributed by atoms with Crippen molar-refractivity contribution in [2.24, 2.45) is 11.8 Å². The Morgan fingerprint density at radius 3 is 3.00 bits per heavy atom. The molecule has 2 aliphatic rings. The molecular formula is C15H19N5O5. The van der Waals surface area contributed by atoms with Gasteiger partial charge < -0.3 is 14.9 Å². The smallest absolute Gasteiger partial charge is 0.280 e. The number of anilines is 1. The summed E-state index contributed by atoms with van der Waals surface area (Å²) in [5, 5.41) is 22.4. The van der Waals surface area contributed by atoms with Gasteiger partial charge in [0.05, 0.1) is 18.5 Å². The molecule has 0 bridgehead atoms. The second-order valence-corrected chi connectivity index (χ2v) is 6.92. The van der Waals surface area contributed by atoms with Crippen molar-refractivity contribution in [1.29, 1.82) is 0 Å². The van der Waals surface area contributed by atoms with Gasteiger partial charge in [0.15, 0.2) is 17.4 Å². The molecule has 3 heterocycles. The number of aromatic nitrogens is 4. The highest BCUT2D eigenvalue weighted by molar-refractivity contribution is 5.91. The molecule has 4 atom stereocenters. The van der Waals surface area contributed by atoms with Gasteiger partial charge in [0.1, 0.15) is 6.10 Å². The molecule has 2 fully saturated rings. The van der Waals surface area contributed by atoms with Crippen molar-refractivity contribution >= 4 is 23.0 Å². The average molecular weight is 349 g/mol. The summed E-state index contributed by atoms with van der Waals surface area (Å²) in [5.41, 5.74) is -0.952. The summed E-state index contributed by atoms with van der Waals surface area (Å²) in [7, 11) is 0. The maximum Gasteiger partial charge on any atom is 0.280 e. The molecule has 134 valence electrons. The van der Waals surface area contributed by atoms with E-state index >= 15 is 0 Å². The zero-order chi connectivity index (χ0) is 17.9. The molecule has 4 rings (SSSR count). The van der Waals surface area contributed by atoms with Crippen molar-refractivity contribution in [3.05, 3.63) is 16.7 Å². The van der Waals surface area contributed by atoms with Gasteiger partial charge in [-0.05, 0) is 6.42 Å². The molecule has 10 heteroatoms. The zero-order valence-corrected chi connectivity index (χ0v) is 13.8. The number of hydrogen-bond donors (Lipinski definition) is 4. The van der Waals surface area contributed by atoms with Gasteiger partial charge in [-0.3, -0.25) is 24.5 Å². The highest BCUT2D eigenvalue weighted by Crippen LogP contribution is 2.58. The second kappa shape index (κ2) is 5.35. The number of aliphatic hydroxyl groups excluding tert-OH is 2. The number of aliphatic hydroxyl groups is 2. The minimum atomic E-state index is -0.834. The summed E-state index contributed by atoms with van der Waals surface area (Å²) in [6.45, 7) is 3.26. The minimum Gasteiger partial charge on any atom is -0.393 e. The number of H-pyrrole nitrogens is 1. The number of nitrogens with zero attached hydrogens (tertiary/aromatic N) is 3. The molecular weight excluding hydrogens is 330 g/mol. The van der Waals surface area contributed by atoms with Gasteiger partial charge in [0, 0.05) is 11.8 Å². The van der Waals surface area contributed by atoms with E-state index in [9.17, 15) is 19.8 Å². The quantitative estimate of drug-likeness (QED) is 0.575. The van der Waals surface area contributed by atoms with Gasteiger partial charge in [0.25, 0.3) is 5.56 Å². The molecule has 2 aromatic rings. The molecule has 0 unspecified atom stereocenters. The van der Waals surface area contributed by atoms with Gasteiger partial charge >= 0.3 is 0 Å². The summed E-state index contributed by atoms with van der Waals surface area (Å²) in [4.78, 5) is 34.8. The number of nitrogens with one attached hydrogen (secondary N) is 2. The minimum absolute atomic E-state index is 0.00691. The van der Waals surface area contributed by atoms with Crippen LogP contribution in [0.2, 0.25) is 0 Å². The first kappa shape index (κ1) is 16.2. The Morgan fingerprint density at radius 1 is 1.60 bits per heavy atom. The average Bonchev–Trinajstić information content (AvgIpc) is 3.02. The molecule has 0 aromatic carbocycles. The lowest BCUT2D eigenvalue weighted by Crippen LogP contribution is -2.26. The van der Waals surface area contributed by atoms with Crippen molar-refractivity contribution in [2.75, 3.05) is 11.9 Å². The second-order valence-electron chi connectivity index (χ2n) is 6.92. The van der Waals surface area contributed by atoms with Crippen LogP contribution in [0.25, 0.3) is 11.2 Å². The molecule has 2 aromatic heterocycles. The molecule has 1 saturated heterocycles. The van der Waals surface area contributed by atoms with Crippen LogP contribution in [0.5, 0.6) is 0 Å². The van der Waals surface area contributed by atoms with E-state index in [1.165, 1.54) is 10.9 Å². The van der Waals surface area contributed by atoms with E-state index in [4.69, 9.17) is 4.74 Å². The molecule has 1 aliphatic heterocycles. The Balaban J connectivity index is 1.72. The van der Waals surface area contributed by atoms with Gasteiger partial charge in [-0.2, -0.15) is 4.98 Å². The van der Waals surface area contributed by atoms with E-state index < -0.39 is 23.5 Å². The van der Waals surface area contributed by atoms with Crippen LogP contribution in [0.4, 0.5) is 5.95 Å². The summed E-state index contributed by atoms with van der Waals surface area (Å²) in [6.07, 6.45) is 0.334. The number of aromatic amines is 1. The normalized spacial score (nSPS) is 30.7. The third kappa shape index (κ3) is 2.36. The maximum atomic E-state index is 12.2. The van der Waals surface area contributed by atoms with Crippen LogP contribution in [-0.2, 0) is 9.53 Å². The molecule has 1 saturated carbocycles. The molecule has 10 nitrogen and oxygen atoms in total. The highest BCUT2D eigenvalue weighted by Gasteiger charge is 2.67. The lowest BCUT2D eigenvalue weighted by molar-refractivity contribution is -0.118. The molecule has 0 radical (unpaired) electrons. The van der Waals surface area contributed by atoms with Crippen molar-refractivity contribution in [1.82, 2.24) is 19.5 Å². The largest absolute Gasteiger partial charge is 0.393 e. The number of imidazole rings is 1. The summed E-state index contributed by atoms with van der Waals surface area (Å²) in [6, 6.07) is 0. The van der Waals surface area contributed by atoms with Crippen molar-refractivity contribution in [3.63, 3.8) is 0 Å². The fourth-order valence-electron chi connectivity index (χ4n) is 3.26. The third-order valence-corrected chi connectivity index (χ3v) is 4.88. The van der Waals surface area contributed by atoms with Crippen LogP contribution in [-0.4, -0.2) is 54.0 Å². The lowest BCUT2D eigenvalue weighted by Gasteiger charge is -2.21. The molecule has 4 N–H and O–H groups in total. The van der Waals surface area contributed by atoms with Crippen LogP contribution in [0, 0.1) is 11.8 Å². The van der Waals surface area contributed by atoms with E-state index in [1.807, 2.05) is 0 Å². The molecule has 0 spiro atoms. The van der Waals surface area contributed by atoms with Crippen LogP contribution in [0.15, 0.2) is 11.1 Å². The number of rotatable bonds is 4. The Labute approximate surface area is 141 Å². The summed E-state index contributed by atoms with van der Waals surface area (Å²) in [5.74, 6) is -0.705. The first-order chi connectivity index (χ1) is 11.9. The van der Waals surface area contributed by atoms with E-state index in [1.54, 1.807) is 13.8 Å². The van der Waals surface area contributed by atoms with Gasteiger partial charge in [-0.1, -0.05) is 13.8 Å². The number of ether oxygens (including phenoxy) is 1. The first-order valence-electron chi connectivity index (χ1n) is 8.11. The summed E-state index contributed by atoms with van der Waals surface area (Å²) >= 11 is 0. The monoisotopic (exact) mass is 349 g/mol. The molecule has 1 aliphatic carbocycles. The Hall–Kier alpha value is -2.30. The topological polar surface area (TPSA) is 142 Å². The van der Waals surface area contributed by atoms with Crippen LogP contribution in [0.1, 0.15) is 26.5 Å². The van der Waals surface area contributed by atoms with Crippen molar-refractivity contribution in [2.45, 2.75) is 38.2 Å². The number of hydrogen-bond acceptors (Lipinski definition) is 7. The molecule has 1 amide bonds. The maximum absolute atomic E-state index is 12.2. The number of carbonyl (C=O) groups excluding carboxylic acids is 1. The fourth-order valence-corrected chi connectivity index (χ4v) is 3.26. The third-order valence-electron chi connectivity index (χ3n) is 4.88. The van der Waals surface area contributed by atoms with Crippen LogP contribution < -0.4 is 10.9 Å². The first-order valence-corrected chi connectivity index (χ1v) is 8.11. The highest BCUT2D eigenvalue weighted by atomic mass is 16.6. The SMILES string of the molecule is CC(C)C(=O)Nc1nc2c(ncn2[C@@H]2O[C@@]3(CO)C[C@H]3[C@H]2O)c(=O)[nH]1. The number of amides is 1. The Kier molecular flexibility index (Phi) is 3.46. The fraction of sp³-hybridized carbons (Fsp3) is 0.600. The van der Waals surface area contributed by atoms with E-state index in [-0.39, 0.29) is 41.5 Å². The van der Waals surface area contributed by atoms with Gasteiger partial charge in [0.2, 0.25) is 11.9 Å². The standard InChI is InChI=1S/C15H19N5O5/c1-6(2)11(23)18-14-17-10-8(12(24)19-14)16-5-20(10)13-9(22)7-3-15(7,4-21)25-13/h5-7,9,13,21-22H,3-4H2,1-2H3,(H2,17,18,19,23,24)/t7-,9+,13+,15+/m0/s1. The zero-order valence-electron chi connectivity index (χ0n) is 13.8. The van der Waals surface area contributed by atoms with E-state index in [0.717, 1.165) is 0 Å².